The fourth-order valence-electron chi connectivity index (χ4n) is 3.44. The number of carbonyl (C=O) groups excluding carboxylic acids is 1. The first-order chi connectivity index (χ1) is 13.6. The third-order valence-electron chi connectivity index (χ3n) is 5.00. The maximum atomic E-state index is 12.8. The topological polar surface area (TPSA) is 83.6 Å². The Hall–Kier alpha value is -2.59. The number of thioether (sulfide) groups is 1. The van der Waals surface area contributed by atoms with Crippen molar-refractivity contribution in [2.24, 2.45) is 0 Å². The van der Waals surface area contributed by atoms with E-state index in [4.69, 9.17) is 0 Å². The predicted octanol–water partition coefficient (Wildman–Crippen LogP) is 3.95. The molecule has 1 aromatic carbocycles. The highest BCUT2D eigenvalue weighted by molar-refractivity contribution is 8.00. The average Bonchev–Trinajstić information content (AvgIpc) is 3.12. The molecule has 1 amide bonds. The Bertz CT molecular complexity index is 865. The standard InChI is InChI=1S/C21H25N5OS/c1-3-14-26-18(17-10-6-4-7-11-17)24-25-20(26)28-16(2)19(27)23-21(15-22)12-8-5-9-13-21/h3-4,6-7,10-11,16H,1,5,8-9,12-14H2,2H3,(H,23,27)/t16-/m1/s1. The van der Waals surface area contributed by atoms with Gasteiger partial charge in [0.1, 0.15) is 5.54 Å². The van der Waals surface area contributed by atoms with E-state index < -0.39 is 5.54 Å². The van der Waals surface area contributed by atoms with Crippen molar-refractivity contribution >= 4 is 17.7 Å². The van der Waals surface area contributed by atoms with Gasteiger partial charge in [0, 0.05) is 12.1 Å². The highest BCUT2D eigenvalue weighted by Crippen LogP contribution is 2.30. The Kier molecular flexibility index (Phi) is 6.53. The molecule has 0 spiro atoms. The molecule has 0 radical (unpaired) electrons. The molecule has 0 bridgehead atoms. The van der Waals surface area contributed by atoms with E-state index >= 15 is 0 Å². The maximum absolute atomic E-state index is 12.8. The number of hydrogen-bond acceptors (Lipinski definition) is 5. The lowest BCUT2D eigenvalue weighted by atomic mass is 9.83. The molecule has 1 aliphatic rings. The molecule has 2 aromatic rings. The number of hydrogen-bond donors (Lipinski definition) is 1. The zero-order chi connectivity index (χ0) is 20.0. The predicted molar refractivity (Wildman–Crippen MR) is 111 cm³/mol. The van der Waals surface area contributed by atoms with Gasteiger partial charge < -0.3 is 5.32 Å². The number of nitrogens with zero attached hydrogens (tertiary/aromatic N) is 4. The normalized spacial score (nSPS) is 16.7. The Morgan fingerprint density at radius 1 is 1.36 bits per heavy atom. The van der Waals surface area contributed by atoms with Crippen LogP contribution in [0, 0.1) is 11.3 Å². The zero-order valence-electron chi connectivity index (χ0n) is 16.1. The number of nitrogens with one attached hydrogen (secondary N) is 1. The summed E-state index contributed by atoms with van der Waals surface area (Å²) < 4.78 is 1.96. The number of rotatable bonds is 7. The van der Waals surface area contributed by atoms with Crippen molar-refractivity contribution in [1.29, 1.82) is 5.26 Å². The highest BCUT2D eigenvalue weighted by Gasteiger charge is 2.35. The van der Waals surface area contributed by atoms with Gasteiger partial charge in [0.15, 0.2) is 11.0 Å². The lowest BCUT2D eigenvalue weighted by Gasteiger charge is -2.32. The minimum Gasteiger partial charge on any atom is -0.337 e. The fourth-order valence-corrected chi connectivity index (χ4v) is 4.30. The van der Waals surface area contributed by atoms with Crippen molar-refractivity contribution in [3.8, 4) is 17.5 Å². The molecule has 0 aliphatic heterocycles. The maximum Gasteiger partial charge on any atom is 0.234 e. The third kappa shape index (κ3) is 4.45. The second kappa shape index (κ2) is 9.07. The Balaban J connectivity index is 1.75. The van der Waals surface area contributed by atoms with Crippen LogP contribution in [0.3, 0.4) is 0 Å². The number of aromatic nitrogens is 3. The van der Waals surface area contributed by atoms with Crippen LogP contribution in [-0.2, 0) is 11.3 Å². The van der Waals surface area contributed by atoms with E-state index in [-0.39, 0.29) is 11.2 Å². The molecule has 1 atom stereocenters. The number of amides is 1. The quantitative estimate of drug-likeness (QED) is 0.567. The summed E-state index contributed by atoms with van der Waals surface area (Å²) >= 11 is 1.35. The first kappa shape index (κ1) is 20.2. The van der Waals surface area contributed by atoms with E-state index in [1.54, 1.807) is 6.08 Å². The molecule has 146 valence electrons. The lowest BCUT2D eigenvalue weighted by molar-refractivity contribution is -0.121. The van der Waals surface area contributed by atoms with Crippen LogP contribution in [0.2, 0.25) is 0 Å². The van der Waals surface area contributed by atoms with Gasteiger partial charge in [-0.1, -0.05) is 67.4 Å². The number of carbonyl (C=O) groups is 1. The van der Waals surface area contributed by atoms with E-state index in [0.29, 0.717) is 11.7 Å². The zero-order valence-corrected chi connectivity index (χ0v) is 16.9. The van der Waals surface area contributed by atoms with E-state index in [0.717, 1.165) is 43.5 Å². The smallest absolute Gasteiger partial charge is 0.234 e. The second-order valence-corrected chi connectivity index (χ2v) is 8.38. The van der Waals surface area contributed by atoms with Gasteiger partial charge in [-0.05, 0) is 19.8 Å². The van der Waals surface area contributed by atoms with Gasteiger partial charge in [0.05, 0.1) is 11.3 Å². The van der Waals surface area contributed by atoms with E-state index in [1.807, 2.05) is 41.8 Å². The van der Waals surface area contributed by atoms with Gasteiger partial charge in [0.2, 0.25) is 5.91 Å². The van der Waals surface area contributed by atoms with Crippen LogP contribution in [0.4, 0.5) is 0 Å². The lowest BCUT2D eigenvalue weighted by Crippen LogP contribution is -2.51. The molecule has 6 nitrogen and oxygen atoms in total. The molecule has 1 aliphatic carbocycles. The van der Waals surface area contributed by atoms with Crippen LogP contribution in [0.15, 0.2) is 48.1 Å². The summed E-state index contributed by atoms with van der Waals surface area (Å²) in [4.78, 5) is 12.8. The number of allylic oxidation sites excluding steroid dienone is 1. The Morgan fingerprint density at radius 2 is 2.07 bits per heavy atom. The van der Waals surface area contributed by atoms with Gasteiger partial charge in [-0.25, -0.2) is 0 Å². The average molecular weight is 396 g/mol. The largest absolute Gasteiger partial charge is 0.337 e. The molecule has 28 heavy (non-hydrogen) atoms. The molecule has 1 heterocycles. The van der Waals surface area contributed by atoms with Crippen LogP contribution in [0.5, 0.6) is 0 Å². The van der Waals surface area contributed by atoms with Crippen molar-refractivity contribution in [1.82, 2.24) is 20.1 Å². The van der Waals surface area contributed by atoms with Crippen molar-refractivity contribution in [2.75, 3.05) is 0 Å². The van der Waals surface area contributed by atoms with Gasteiger partial charge in [-0.2, -0.15) is 5.26 Å². The summed E-state index contributed by atoms with van der Waals surface area (Å²) in [6.45, 7) is 6.21. The molecular weight excluding hydrogens is 370 g/mol. The first-order valence-electron chi connectivity index (χ1n) is 9.58. The van der Waals surface area contributed by atoms with Crippen LogP contribution in [0.25, 0.3) is 11.4 Å². The van der Waals surface area contributed by atoms with Crippen molar-refractivity contribution in [3.63, 3.8) is 0 Å². The van der Waals surface area contributed by atoms with Crippen molar-refractivity contribution < 1.29 is 4.79 Å². The van der Waals surface area contributed by atoms with Crippen LogP contribution in [-0.4, -0.2) is 31.5 Å². The van der Waals surface area contributed by atoms with Crippen molar-refractivity contribution in [3.05, 3.63) is 43.0 Å². The molecule has 1 saturated carbocycles. The molecule has 0 saturated heterocycles. The Labute approximate surface area is 170 Å². The summed E-state index contributed by atoms with van der Waals surface area (Å²) in [5.74, 6) is 0.610. The van der Waals surface area contributed by atoms with Crippen LogP contribution >= 0.6 is 11.8 Å². The first-order valence-corrected chi connectivity index (χ1v) is 10.5. The molecular formula is C21H25N5OS. The third-order valence-corrected chi connectivity index (χ3v) is 6.08. The van der Waals surface area contributed by atoms with E-state index in [2.05, 4.69) is 28.2 Å². The molecule has 1 fully saturated rings. The summed E-state index contributed by atoms with van der Waals surface area (Å²) in [5, 5.41) is 21.5. The van der Waals surface area contributed by atoms with Gasteiger partial charge in [-0.3, -0.25) is 9.36 Å². The SMILES string of the molecule is C=CCn1c(S[C@H](C)C(=O)NC2(C#N)CCCCC2)nnc1-c1ccccc1. The van der Waals surface area contributed by atoms with Crippen molar-refractivity contribution in [2.45, 2.75) is 61.5 Å². The van der Waals surface area contributed by atoms with Gasteiger partial charge in [0.25, 0.3) is 0 Å². The highest BCUT2D eigenvalue weighted by atomic mass is 32.2. The van der Waals surface area contributed by atoms with Crippen LogP contribution < -0.4 is 5.32 Å². The summed E-state index contributed by atoms with van der Waals surface area (Å²) in [7, 11) is 0. The monoisotopic (exact) mass is 395 g/mol. The van der Waals surface area contributed by atoms with E-state index in [1.165, 1.54) is 11.8 Å². The second-order valence-electron chi connectivity index (χ2n) is 7.08. The minimum absolute atomic E-state index is 0.136. The Morgan fingerprint density at radius 3 is 2.71 bits per heavy atom. The summed E-state index contributed by atoms with van der Waals surface area (Å²) in [6, 6.07) is 12.2. The van der Waals surface area contributed by atoms with Gasteiger partial charge >= 0.3 is 0 Å². The molecule has 3 rings (SSSR count). The summed E-state index contributed by atoms with van der Waals surface area (Å²) in [5.41, 5.74) is 0.236. The van der Waals surface area contributed by atoms with E-state index in [9.17, 15) is 10.1 Å². The molecule has 7 heteroatoms. The molecule has 0 unspecified atom stereocenters. The van der Waals surface area contributed by atoms with Gasteiger partial charge in [-0.15, -0.1) is 16.8 Å². The van der Waals surface area contributed by atoms with Crippen LogP contribution in [0.1, 0.15) is 39.0 Å². The molecule has 1 N–H and O–H groups in total. The number of nitriles is 1. The summed E-state index contributed by atoms with van der Waals surface area (Å²) in [6.07, 6.45) is 6.30. The number of benzene rings is 1. The molecule has 1 aromatic heterocycles. The minimum atomic E-state index is -0.728. The fraction of sp³-hybridized carbons (Fsp3) is 0.429.